The van der Waals surface area contributed by atoms with E-state index in [4.69, 9.17) is 19.9 Å². The smallest absolute Gasteiger partial charge is 0.248 e. The van der Waals surface area contributed by atoms with E-state index in [-0.39, 0.29) is 11.3 Å². The molecule has 3 saturated heterocycles. The summed E-state index contributed by atoms with van der Waals surface area (Å²) in [6.45, 7) is 3.41. The number of halogens is 1. The van der Waals surface area contributed by atoms with Crippen molar-refractivity contribution in [2.75, 3.05) is 26.2 Å². The highest BCUT2D eigenvalue weighted by molar-refractivity contribution is 5.99. The lowest BCUT2D eigenvalue weighted by Gasteiger charge is -2.47. The molecule has 2 bridgehead atoms. The summed E-state index contributed by atoms with van der Waals surface area (Å²) in [5.41, 5.74) is 6.31. The molecule has 3 aliphatic rings. The predicted molar refractivity (Wildman–Crippen MR) is 116 cm³/mol. The first-order chi connectivity index (χ1) is 15.5. The SMILES string of the molecule is Cn1ncc2cc(C(N)=O)cc(Oc3ccc(OCCCN4CC5CC(C4)O5)cc3F)c21. The number of hydrogen-bond acceptors (Lipinski definition) is 6. The number of carbonyl (C=O) groups excluding carboxylic acids is 1. The van der Waals surface area contributed by atoms with Crippen LogP contribution in [-0.4, -0.2) is 59.0 Å². The number of nitrogens with two attached hydrogens (primary N) is 1. The number of piperidine rings is 1. The fraction of sp³-hybridized carbons (Fsp3) is 0.391. The van der Waals surface area contributed by atoms with Crippen molar-refractivity contribution in [2.45, 2.75) is 25.0 Å². The van der Waals surface area contributed by atoms with Crippen molar-refractivity contribution in [3.63, 3.8) is 0 Å². The molecule has 1 amide bonds. The van der Waals surface area contributed by atoms with Crippen molar-refractivity contribution < 1.29 is 23.4 Å². The highest BCUT2D eigenvalue weighted by Crippen LogP contribution is 2.33. The monoisotopic (exact) mass is 440 g/mol. The lowest BCUT2D eigenvalue weighted by molar-refractivity contribution is -0.180. The Balaban J connectivity index is 1.23. The topological polar surface area (TPSA) is 91.8 Å². The summed E-state index contributed by atoms with van der Waals surface area (Å²) in [6.07, 6.45) is 4.43. The van der Waals surface area contributed by atoms with Crippen LogP contribution in [0.25, 0.3) is 10.9 Å². The minimum Gasteiger partial charge on any atom is -0.493 e. The van der Waals surface area contributed by atoms with Gasteiger partial charge in [0, 0.05) is 50.1 Å². The molecule has 2 N–H and O–H groups in total. The van der Waals surface area contributed by atoms with Crippen LogP contribution in [0, 0.1) is 5.82 Å². The zero-order chi connectivity index (χ0) is 22.2. The average Bonchev–Trinajstić information content (AvgIpc) is 3.13. The molecule has 9 heteroatoms. The van der Waals surface area contributed by atoms with E-state index < -0.39 is 11.7 Å². The predicted octanol–water partition coefficient (Wildman–Crippen LogP) is 2.85. The van der Waals surface area contributed by atoms with Crippen LogP contribution in [0.15, 0.2) is 36.5 Å². The largest absolute Gasteiger partial charge is 0.493 e. The first kappa shape index (κ1) is 20.7. The molecule has 1 aromatic heterocycles. The number of rotatable bonds is 8. The van der Waals surface area contributed by atoms with Gasteiger partial charge >= 0.3 is 0 Å². The molecule has 3 aromatic rings. The molecule has 0 saturated carbocycles. The Morgan fingerprint density at radius 1 is 1.25 bits per heavy atom. The second-order valence-corrected chi connectivity index (χ2v) is 8.32. The molecule has 32 heavy (non-hydrogen) atoms. The molecule has 0 spiro atoms. The molecular formula is C23H25FN4O4. The van der Waals surface area contributed by atoms with Gasteiger partial charge in [-0.2, -0.15) is 5.10 Å². The number of nitrogens with zero attached hydrogens (tertiary/aromatic N) is 3. The molecule has 8 nitrogen and oxygen atoms in total. The van der Waals surface area contributed by atoms with Crippen molar-refractivity contribution in [1.29, 1.82) is 0 Å². The summed E-state index contributed by atoms with van der Waals surface area (Å²) in [6, 6.07) is 7.61. The number of aromatic nitrogens is 2. The molecule has 2 aromatic carbocycles. The third kappa shape index (κ3) is 4.13. The quantitative estimate of drug-likeness (QED) is 0.542. The number of morpholine rings is 1. The van der Waals surface area contributed by atoms with Gasteiger partial charge in [-0.25, -0.2) is 4.39 Å². The van der Waals surface area contributed by atoms with Crippen LogP contribution in [0.2, 0.25) is 0 Å². The van der Waals surface area contributed by atoms with E-state index in [0.717, 1.165) is 26.1 Å². The van der Waals surface area contributed by atoms with Crippen molar-refractivity contribution in [1.82, 2.24) is 14.7 Å². The van der Waals surface area contributed by atoms with Gasteiger partial charge in [0.15, 0.2) is 17.3 Å². The zero-order valence-corrected chi connectivity index (χ0v) is 17.8. The number of carbonyl (C=O) groups is 1. The van der Waals surface area contributed by atoms with Gasteiger partial charge in [0.25, 0.3) is 0 Å². The lowest BCUT2D eigenvalue weighted by atomic mass is 9.99. The number of aryl methyl sites for hydroxylation is 1. The minimum absolute atomic E-state index is 0.0222. The van der Waals surface area contributed by atoms with Crippen molar-refractivity contribution in [3.8, 4) is 17.2 Å². The standard InChI is InChI=1S/C23H25FN4O4/c1-27-22-15(11-26-27)7-14(23(25)29)8-21(22)32-20-4-3-16(10-19(20)24)30-6-2-5-28-12-17-9-18(13-28)31-17/h3-4,7-8,10-11,17-18H,2,5-6,9,12-13H2,1H3,(H2,25,29). The van der Waals surface area contributed by atoms with Gasteiger partial charge in [-0.15, -0.1) is 0 Å². The summed E-state index contributed by atoms with van der Waals surface area (Å²) >= 11 is 0. The van der Waals surface area contributed by atoms with Gasteiger partial charge < -0.3 is 19.9 Å². The normalized spacial score (nSPS) is 20.2. The average molecular weight is 440 g/mol. The maximum atomic E-state index is 14.7. The maximum Gasteiger partial charge on any atom is 0.248 e. The van der Waals surface area contributed by atoms with Gasteiger partial charge in [0.1, 0.15) is 11.3 Å². The Hall–Kier alpha value is -3.17. The van der Waals surface area contributed by atoms with Crippen LogP contribution in [0.1, 0.15) is 23.2 Å². The van der Waals surface area contributed by atoms with Gasteiger partial charge in [0.2, 0.25) is 5.91 Å². The number of ether oxygens (including phenoxy) is 3. The van der Waals surface area contributed by atoms with E-state index in [9.17, 15) is 9.18 Å². The van der Waals surface area contributed by atoms with Crippen LogP contribution in [0.5, 0.6) is 17.2 Å². The van der Waals surface area contributed by atoms with Crippen molar-refractivity contribution >= 4 is 16.8 Å². The zero-order valence-electron chi connectivity index (χ0n) is 17.8. The highest BCUT2D eigenvalue weighted by atomic mass is 19.1. The lowest BCUT2D eigenvalue weighted by Crippen LogP contribution is -2.57. The van der Waals surface area contributed by atoms with Gasteiger partial charge in [-0.3, -0.25) is 14.4 Å². The van der Waals surface area contributed by atoms with E-state index in [0.29, 0.717) is 41.2 Å². The molecule has 0 radical (unpaired) electrons. The summed E-state index contributed by atoms with van der Waals surface area (Å²) in [5.74, 6) is -0.396. The Kier molecular flexibility index (Phi) is 5.44. The summed E-state index contributed by atoms with van der Waals surface area (Å²) in [7, 11) is 1.74. The van der Waals surface area contributed by atoms with E-state index in [1.807, 2.05) is 0 Å². The highest BCUT2D eigenvalue weighted by Gasteiger charge is 2.37. The molecule has 3 aliphatic heterocycles. The Morgan fingerprint density at radius 3 is 2.75 bits per heavy atom. The first-order valence-electron chi connectivity index (χ1n) is 10.7. The van der Waals surface area contributed by atoms with Gasteiger partial charge in [-0.05, 0) is 30.7 Å². The molecule has 6 rings (SSSR count). The number of benzene rings is 2. The second-order valence-electron chi connectivity index (χ2n) is 8.32. The molecule has 0 aliphatic carbocycles. The van der Waals surface area contributed by atoms with Crippen molar-refractivity contribution in [3.05, 3.63) is 47.9 Å². The Morgan fingerprint density at radius 2 is 2.03 bits per heavy atom. The molecule has 168 valence electrons. The number of fused-ring (bicyclic) bond motifs is 3. The van der Waals surface area contributed by atoms with Crippen LogP contribution >= 0.6 is 0 Å². The number of hydrogen-bond donors (Lipinski definition) is 1. The molecular weight excluding hydrogens is 415 g/mol. The molecule has 4 heterocycles. The minimum atomic E-state index is -0.598. The van der Waals surface area contributed by atoms with Crippen molar-refractivity contribution in [2.24, 2.45) is 12.8 Å². The summed E-state index contributed by atoms with van der Waals surface area (Å²) in [5, 5.41) is 4.85. The van der Waals surface area contributed by atoms with Crippen LogP contribution in [0.4, 0.5) is 4.39 Å². The third-order valence-corrected chi connectivity index (χ3v) is 5.93. The third-order valence-electron chi connectivity index (χ3n) is 5.93. The maximum absolute atomic E-state index is 14.7. The summed E-state index contributed by atoms with van der Waals surface area (Å²) in [4.78, 5) is 14.0. The van der Waals surface area contributed by atoms with Crippen LogP contribution in [0.3, 0.4) is 0 Å². The van der Waals surface area contributed by atoms with E-state index in [1.54, 1.807) is 30.1 Å². The fourth-order valence-electron chi connectivity index (χ4n) is 4.37. The molecule has 2 atom stereocenters. The van der Waals surface area contributed by atoms with Gasteiger partial charge in [0.05, 0.1) is 25.0 Å². The van der Waals surface area contributed by atoms with Gasteiger partial charge in [-0.1, -0.05) is 0 Å². The first-order valence-corrected chi connectivity index (χ1v) is 10.7. The number of amides is 1. The Labute approximate surface area is 184 Å². The Bertz CT molecular complexity index is 1150. The summed E-state index contributed by atoms with van der Waals surface area (Å²) < 4.78 is 33.5. The second kappa shape index (κ2) is 8.40. The van der Waals surface area contributed by atoms with E-state index >= 15 is 0 Å². The van der Waals surface area contributed by atoms with E-state index in [1.165, 1.54) is 24.6 Å². The molecule has 2 unspecified atom stereocenters. The number of primary amides is 1. The van der Waals surface area contributed by atoms with Crippen LogP contribution in [-0.2, 0) is 11.8 Å². The molecule has 3 fully saturated rings. The van der Waals surface area contributed by atoms with Crippen LogP contribution < -0.4 is 15.2 Å². The fourth-order valence-corrected chi connectivity index (χ4v) is 4.37. The van der Waals surface area contributed by atoms with E-state index in [2.05, 4.69) is 10.00 Å².